The van der Waals surface area contributed by atoms with Crippen LogP contribution in [0.5, 0.6) is 0 Å². The van der Waals surface area contributed by atoms with Gasteiger partial charge >= 0.3 is 6.18 Å². The van der Waals surface area contributed by atoms with Gasteiger partial charge in [0.2, 0.25) is 0 Å². The Bertz CT molecular complexity index is 824. The fraction of sp³-hybridized carbons (Fsp3) is 0.0625. The first-order valence-electron chi connectivity index (χ1n) is 6.64. The SMILES string of the molecule is O=Cc1nnn(-c2ccccc2)c1-c1ccc(C(F)(F)F)cc1. The number of halogens is 3. The monoisotopic (exact) mass is 317 g/mol. The van der Waals surface area contributed by atoms with E-state index >= 15 is 0 Å². The van der Waals surface area contributed by atoms with E-state index in [9.17, 15) is 18.0 Å². The minimum absolute atomic E-state index is 0.0635. The number of carbonyl (C=O) groups excluding carboxylic acids is 1. The van der Waals surface area contributed by atoms with E-state index in [2.05, 4.69) is 10.3 Å². The Balaban J connectivity index is 2.12. The van der Waals surface area contributed by atoms with E-state index in [1.807, 2.05) is 6.07 Å². The number of para-hydroxylation sites is 1. The lowest BCUT2D eigenvalue weighted by Gasteiger charge is -2.09. The third kappa shape index (κ3) is 2.85. The number of aldehydes is 1. The maximum absolute atomic E-state index is 12.7. The van der Waals surface area contributed by atoms with Crippen LogP contribution in [-0.2, 0) is 6.18 Å². The van der Waals surface area contributed by atoms with E-state index in [0.29, 0.717) is 23.2 Å². The molecule has 1 aromatic heterocycles. The third-order valence-electron chi connectivity index (χ3n) is 3.29. The largest absolute Gasteiger partial charge is 0.416 e. The minimum Gasteiger partial charge on any atom is -0.296 e. The summed E-state index contributed by atoms with van der Waals surface area (Å²) in [5.41, 5.74) is 0.734. The molecule has 23 heavy (non-hydrogen) atoms. The molecule has 0 aliphatic carbocycles. The maximum Gasteiger partial charge on any atom is 0.416 e. The first-order chi connectivity index (χ1) is 11.0. The Kier molecular flexibility index (Phi) is 3.69. The van der Waals surface area contributed by atoms with Crippen molar-refractivity contribution in [3.05, 3.63) is 65.9 Å². The van der Waals surface area contributed by atoms with Crippen LogP contribution in [0, 0.1) is 0 Å². The second-order valence-corrected chi connectivity index (χ2v) is 4.76. The average molecular weight is 317 g/mol. The van der Waals surface area contributed by atoms with Gasteiger partial charge in [-0.15, -0.1) is 5.10 Å². The van der Waals surface area contributed by atoms with Crippen LogP contribution < -0.4 is 0 Å². The smallest absolute Gasteiger partial charge is 0.296 e. The standard InChI is InChI=1S/C16H10F3N3O/c17-16(18,19)12-8-6-11(7-9-12)15-14(10-23)20-21-22(15)13-4-2-1-3-5-13/h1-10H. The van der Waals surface area contributed by atoms with Crippen LogP contribution in [0.4, 0.5) is 13.2 Å². The molecule has 0 fully saturated rings. The number of nitrogens with zero attached hydrogens (tertiary/aromatic N) is 3. The van der Waals surface area contributed by atoms with E-state index in [1.54, 1.807) is 24.3 Å². The molecule has 0 unspecified atom stereocenters. The molecule has 2 aromatic carbocycles. The molecular formula is C16H10F3N3O. The third-order valence-corrected chi connectivity index (χ3v) is 3.29. The summed E-state index contributed by atoms with van der Waals surface area (Å²) in [7, 11) is 0. The van der Waals surface area contributed by atoms with Gasteiger partial charge < -0.3 is 0 Å². The average Bonchev–Trinajstić information content (AvgIpc) is 2.99. The first kappa shape index (κ1) is 15.0. The van der Waals surface area contributed by atoms with Crippen molar-refractivity contribution >= 4 is 6.29 Å². The van der Waals surface area contributed by atoms with Crippen LogP contribution >= 0.6 is 0 Å². The Morgan fingerprint density at radius 1 is 0.957 bits per heavy atom. The summed E-state index contributed by atoms with van der Waals surface area (Å²) >= 11 is 0. The van der Waals surface area contributed by atoms with Gasteiger partial charge in [-0.1, -0.05) is 35.5 Å². The van der Waals surface area contributed by atoms with Crippen molar-refractivity contribution in [2.45, 2.75) is 6.18 Å². The zero-order chi connectivity index (χ0) is 16.4. The Morgan fingerprint density at radius 3 is 2.17 bits per heavy atom. The Morgan fingerprint density at radius 2 is 1.61 bits per heavy atom. The molecule has 0 aliphatic heterocycles. The second kappa shape index (κ2) is 5.68. The van der Waals surface area contributed by atoms with Crippen molar-refractivity contribution < 1.29 is 18.0 Å². The molecule has 0 N–H and O–H groups in total. The fourth-order valence-electron chi connectivity index (χ4n) is 2.21. The number of aromatic nitrogens is 3. The van der Waals surface area contributed by atoms with Crippen LogP contribution in [-0.4, -0.2) is 21.3 Å². The van der Waals surface area contributed by atoms with Crippen LogP contribution in [0.15, 0.2) is 54.6 Å². The van der Waals surface area contributed by atoms with Gasteiger partial charge in [-0.3, -0.25) is 4.79 Å². The number of carbonyl (C=O) groups is 1. The van der Waals surface area contributed by atoms with Gasteiger partial charge in [0.05, 0.1) is 11.3 Å². The van der Waals surface area contributed by atoms with Gasteiger partial charge in [0.15, 0.2) is 12.0 Å². The van der Waals surface area contributed by atoms with Crippen LogP contribution in [0.2, 0.25) is 0 Å². The van der Waals surface area contributed by atoms with Gasteiger partial charge in [-0.25, -0.2) is 4.68 Å². The number of rotatable bonds is 3. The predicted molar refractivity (Wildman–Crippen MR) is 77.2 cm³/mol. The maximum atomic E-state index is 12.7. The number of hydrogen-bond acceptors (Lipinski definition) is 3. The highest BCUT2D eigenvalue weighted by Crippen LogP contribution is 2.31. The zero-order valence-corrected chi connectivity index (χ0v) is 11.7. The molecule has 0 saturated carbocycles. The lowest BCUT2D eigenvalue weighted by atomic mass is 10.1. The van der Waals surface area contributed by atoms with Crippen molar-refractivity contribution in [2.75, 3.05) is 0 Å². The van der Waals surface area contributed by atoms with Crippen molar-refractivity contribution in [2.24, 2.45) is 0 Å². The molecule has 0 aliphatic rings. The highest BCUT2D eigenvalue weighted by Gasteiger charge is 2.30. The summed E-state index contributed by atoms with van der Waals surface area (Å²) < 4.78 is 39.4. The first-order valence-corrected chi connectivity index (χ1v) is 6.64. The van der Waals surface area contributed by atoms with Crippen molar-refractivity contribution in [3.63, 3.8) is 0 Å². The molecule has 116 valence electrons. The molecule has 1 heterocycles. The molecule has 7 heteroatoms. The lowest BCUT2D eigenvalue weighted by molar-refractivity contribution is -0.137. The van der Waals surface area contributed by atoms with Gasteiger partial charge in [-0.05, 0) is 24.3 Å². The number of alkyl halides is 3. The Labute approximate surface area is 129 Å². The highest BCUT2D eigenvalue weighted by atomic mass is 19.4. The summed E-state index contributed by atoms with van der Waals surface area (Å²) in [5, 5.41) is 7.70. The molecule has 3 aromatic rings. The molecule has 0 amide bonds. The summed E-state index contributed by atoms with van der Waals surface area (Å²) in [6.07, 6.45) is -3.89. The molecule has 0 atom stereocenters. The van der Waals surface area contributed by atoms with Gasteiger partial charge in [0, 0.05) is 5.56 Å². The summed E-state index contributed by atoms with van der Waals surface area (Å²) in [5.74, 6) is 0. The van der Waals surface area contributed by atoms with E-state index in [0.717, 1.165) is 12.1 Å². The highest BCUT2D eigenvalue weighted by molar-refractivity contribution is 5.84. The van der Waals surface area contributed by atoms with Crippen molar-refractivity contribution in [1.29, 1.82) is 0 Å². The zero-order valence-electron chi connectivity index (χ0n) is 11.7. The van der Waals surface area contributed by atoms with E-state index < -0.39 is 11.7 Å². The van der Waals surface area contributed by atoms with E-state index in [-0.39, 0.29) is 5.69 Å². The van der Waals surface area contributed by atoms with Crippen molar-refractivity contribution in [3.8, 4) is 16.9 Å². The predicted octanol–water partition coefficient (Wildman–Crippen LogP) is 3.77. The lowest BCUT2D eigenvalue weighted by Crippen LogP contribution is -2.05. The van der Waals surface area contributed by atoms with Crippen LogP contribution in [0.25, 0.3) is 16.9 Å². The molecule has 0 bridgehead atoms. The second-order valence-electron chi connectivity index (χ2n) is 4.76. The fourth-order valence-corrected chi connectivity index (χ4v) is 2.21. The molecule has 4 nitrogen and oxygen atoms in total. The van der Waals surface area contributed by atoms with E-state index in [4.69, 9.17) is 0 Å². The van der Waals surface area contributed by atoms with Gasteiger partial charge in [0.1, 0.15) is 5.69 Å². The van der Waals surface area contributed by atoms with Crippen LogP contribution in [0.3, 0.4) is 0 Å². The minimum atomic E-state index is -4.41. The summed E-state index contributed by atoms with van der Waals surface area (Å²) in [4.78, 5) is 11.2. The van der Waals surface area contributed by atoms with E-state index in [1.165, 1.54) is 16.8 Å². The van der Waals surface area contributed by atoms with Crippen LogP contribution in [0.1, 0.15) is 16.1 Å². The molecule has 0 radical (unpaired) electrons. The van der Waals surface area contributed by atoms with Crippen molar-refractivity contribution in [1.82, 2.24) is 15.0 Å². The van der Waals surface area contributed by atoms with Gasteiger partial charge in [-0.2, -0.15) is 13.2 Å². The molecule has 0 spiro atoms. The summed E-state index contributed by atoms with van der Waals surface area (Å²) in [6.45, 7) is 0. The molecule has 0 saturated heterocycles. The Hall–Kier alpha value is -2.96. The number of hydrogen-bond donors (Lipinski definition) is 0. The summed E-state index contributed by atoms with van der Waals surface area (Å²) in [6, 6.07) is 13.4. The molecular weight excluding hydrogens is 307 g/mol. The normalized spacial score (nSPS) is 11.4. The quantitative estimate of drug-likeness (QED) is 0.691. The number of benzene rings is 2. The topological polar surface area (TPSA) is 47.8 Å². The molecule has 3 rings (SSSR count). The van der Waals surface area contributed by atoms with Gasteiger partial charge in [0.25, 0.3) is 0 Å².